The SMILES string of the molecule is CCC(C(=O)NCC(C)C)N(Cc1ccccc1C)C(=O)CN(c1cccc(Cl)c1)S(=O)(=O)c1ccccc1. The molecule has 2 amide bonds. The minimum Gasteiger partial charge on any atom is -0.354 e. The number of nitrogens with one attached hydrogen (secondary N) is 1. The van der Waals surface area contributed by atoms with Crippen molar-refractivity contribution in [3.8, 4) is 0 Å². The minimum atomic E-state index is -4.13. The van der Waals surface area contributed by atoms with Crippen LogP contribution in [0.2, 0.25) is 5.02 Å². The van der Waals surface area contributed by atoms with Gasteiger partial charge in [-0.05, 0) is 60.7 Å². The summed E-state index contributed by atoms with van der Waals surface area (Å²) >= 11 is 6.21. The number of hydrogen-bond donors (Lipinski definition) is 1. The van der Waals surface area contributed by atoms with E-state index in [2.05, 4.69) is 5.32 Å². The molecule has 1 atom stereocenters. The number of benzene rings is 3. The van der Waals surface area contributed by atoms with Gasteiger partial charge in [0, 0.05) is 18.1 Å². The van der Waals surface area contributed by atoms with Gasteiger partial charge in [-0.25, -0.2) is 8.42 Å². The van der Waals surface area contributed by atoms with Crippen LogP contribution < -0.4 is 9.62 Å². The van der Waals surface area contributed by atoms with E-state index in [9.17, 15) is 18.0 Å². The minimum absolute atomic E-state index is 0.0462. The van der Waals surface area contributed by atoms with E-state index in [0.29, 0.717) is 18.0 Å². The fourth-order valence-corrected chi connectivity index (χ4v) is 5.80. The zero-order valence-corrected chi connectivity index (χ0v) is 24.4. The van der Waals surface area contributed by atoms with E-state index in [0.717, 1.165) is 15.4 Å². The molecule has 3 aromatic carbocycles. The molecule has 0 aliphatic heterocycles. The monoisotopic (exact) mass is 569 g/mol. The average molecular weight is 570 g/mol. The van der Waals surface area contributed by atoms with Gasteiger partial charge >= 0.3 is 0 Å². The van der Waals surface area contributed by atoms with Gasteiger partial charge in [0.15, 0.2) is 0 Å². The Bertz CT molecular complexity index is 1380. The van der Waals surface area contributed by atoms with Gasteiger partial charge in [0.1, 0.15) is 12.6 Å². The van der Waals surface area contributed by atoms with Crippen LogP contribution in [-0.2, 0) is 26.2 Å². The molecule has 0 saturated heterocycles. The molecule has 3 aromatic rings. The van der Waals surface area contributed by atoms with Crippen LogP contribution in [0.1, 0.15) is 38.3 Å². The van der Waals surface area contributed by atoms with Crippen LogP contribution in [0.4, 0.5) is 5.69 Å². The second-order valence-corrected chi connectivity index (χ2v) is 12.1. The molecule has 0 aliphatic rings. The molecule has 3 rings (SSSR count). The molecule has 9 heteroatoms. The number of nitrogens with zero attached hydrogens (tertiary/aromatic N) is 2. The molecule has 208 valence electrons. The molecule has 0 aromatic heterocycles. The lowest BCUT2D eigenvalue weighted by atomic mass is 10.1. The first kappa shape index (κ1) is 30.2. The lowest BCUT2D eigenvalue weighted by Crippen LogP contribution is -2.52. The summed E-state index contributed by atoms with van der Waals surface area (Å²) in [6.45, 7) is 7.90. The number of halogens is 1. The van der Waals surface area contributed by atoms with Crippen LogP contribution in [0.25, 0.3) is 0 Å². The largest absolute Gasteiger partial charge is 0.354 e. The molecular weight excluding hydrogens is 534 g/mol. The van der Waals surface area contributed by atoms with Crippen molar-refractivity contribution < 1.29 is 18.0 Å². The molecule has 1 N–H and O–H groups in total. The van der Waals surface area contributed by atoms with Crippen molar-refractivity contribution in [3.63, 3.8) is 0 Å². The quantitative estimate of drug-likeness (QED) is 0.315. The molecule has 0 heterocycles. The first-order valence-electron chi connectivity index (χ1n) is 13.0. The first-order valence-corrected chi connectivity index (χ1v) is 14.8. The third-order valence-corrected chi connectivity index (χ3v) is 8.40. The third kappa shape index (κ3) is 7.83. The fourth-order valence-electron chi connectivity index (χ4n) is 4.19. The molecule has 0 fully saturated rings. The van der Waals surface area contributed by atoms with Gasteiger partial charge in [-0.1, -0.05) is 80.9 Å². The highest BCUT2D eigenvalue weighted by Crippen LogP contribution is 2.27. The van der Waals surface area contributed by atoms with Crippen LogP contribution in [0.5, 0.6) is 0 Å². The van der Waals surface area contributed by atoms with Crippen molar-refractivity contribution in [3.05, 3.63) is 95.0 Å². The van der Waals surface area contributed by atoms with Crippen molar-refractivity contribution in [1.82, 2.24) is 10.2 Å². The summed E-state index contributed by atoms with van der Waals surface area (Å²) in [6.07, 6.45) is 0.365. The van der Waals surface area contributed by atoms with E-state index < -0.39 is 28.5 Å². The van der Waals surface area contributed by atoms with Crippen LogP contribution >= 0.6 is 11.6 Å². The lowest BCUT2D eigenvalue weighted by molar-refractivity contribution is -0.140. The van der Waals surface area contributed by atoms with Gasteiger partial charge in [-0.3, -0.25) is 13.9 Å². The zero-order chi connectivity index (χ0) is 28.6. The fraction of sp³-hybridized carbons (Fsp3) is 0.333. The van der Waals surface area contributed by atoms with E-state index in [1.54, 1.807) is 36.4 Å². The summed E-state index contributed by atoms with van der Waals surface area (Å²) in [6, 6.07) is 21.2. The maximum atomic E-state index is 14.1. The number of sulfonamides is 1. The maximum Gasteiger partial charge on any atom is 0.264 e. The van der Waals surface area contributed by atoms with E-state index in [4.69, 9.17) is 11.6 Å². The summed E-state index contributed by atoms with van der Waals surface area (Å²) in [5, 5.41) is 3.27. The smallest absolute Gasteiger partial charge is 0.264 e. The van der Waals surface area contributed by atoms with Crippen LogP contribution in [0.3, 0.4) is 0 Å². The first-order chi connectivity index (χ1) is 18.5. The maximum absolute atomic E-state index is 14.1. The Hall–Kier alpha value is -3.36. The van der Waals surface area contributed by atoms with E-state index in [-0.39, 0.29) is 29.0 Å². The Morgan fingerprint density at radius 2 is 1.62 bits per heavy atom. The predicted molar refractivity (Wildman–Crippen MR) is 156 cm³/mol. The molecule has 0 radical (unpaired) electrons. The standard InChI is InChI=1S/C30H36ClN3O4S/c1-5-28(30(36)32-19-22(2)3)33(20-24-13-10-9-12-23(24)4)29(35)21-34(26-15-11-14-25(31)18-26)39(37,38)27-16-7-6-8-17-27/h6-18,22,28H,5,19-21H2,1-4H3,(H,32,36). The molecule has 0 spiro atoms. The van der Waals surface area contributed by atoms with Gasteiger partial charge in [-0.2, -0.15) is 0 Å². The Labute approximate surface area is 236 Å². The lowest BCUT2D eigenvalue weighted by Gasteiger charge is -2.33. The summed E-state index contributed by atoms with van der Waals surface area (Å²) in [5.74, 6) is -0.529. The Morgan fingerprint density at radius 3 is 2.23 bits per heavy atom. The highest BCUT2D eigenvalue weighted by atomic mass is 35.5. The number of aryl methyl sites for hydroxylation is 1. The van der Waals surface area contributed by atoms with Crippen molar-refractivity contribution in [2.75, 3.05) is 17.4 Å². The second-order valence-electron chi connectivity index (χ2n) is 9.82. The Kier molecular flexibility index (Phi) is 10.5. The summed E-state index contributed by atoms with van der Waals surface area (Å²) in [7, 11) is -4.13. The van der Waals surface area contributed by atoms with Crippen molar-refractivity contribution in [2.45, 2.75) is 51.6 Å². The van der Waals surface area contributed by atoms with E-state index in [1.165, 1.54) is 23.1 Å². The summed E-state index contributed by atoms with van der Waals surface area (Å²) < 4.78 is 28.7. The predicted octanol–water partition coefficient (Wildman–Crippen LogP) is 5.42. The summed E-state index contributed by atoms with van der Waals surface area (Å²) in [5.41, 5.74) is 2.10. The van der Waals surface area contributed by atoms with Gasteiger partial charge in [0.05, 0.1) is 10.6 Å². The number of hydrogen-bond acceptors (Lipinski definition) is 4. The topological polar surface area (TPSA) is 86.8 Å². The van der Waals surface area contributed by atoms with Gasteiger partial charge in [0.25, 0.3) is 10.0 Å². The molecule has 39 heavy (non-hydrogen) atoms. The normalized spacial score (nSPS) is 12.2. The number of rotatable bonds is 12. The van der Waals surface area contributed by atoms with Gasteiger partial charge in [-0.15, -0.1) is 0 Å². The number of carbonyl (C=O) groups excluding carboxylic acids is 2. The van der Waals surface area contributed by atoms with Crippen LogP contribution in [-0.4, -0.2) is 44.3 Å². The molecule has 1 unspecified atom stereocenters. The number of amides is 2. The molecule has 0 aliphatic carbocycles. The van der Waals surface area contributed by atoms with Crippen molar-refractivity contribution >= 4 is 39.1 Å². The van der Waals surface area contributed by atoms with Gasteiger partial charge < -0.3 is 10.2 Å². The highest BCUT2D eigenvalue weighted by molar-refractivity contribution is 7.92. The second kappa shape index (κ2) is 13.6. The number of anilines is 1. The zero-order valence-electron chi connectivity index (χ0n) is 22.8. The third-order valence-electron chi connectivity index (χ3n) is 6.38. The van der Waals surface area contributed by atoms with Crippen molar-refractivity contribution in [2.24, 2.45) is 5.92 Å². The van der Waals surface area contributed by atoms with E-state index in [1.807, 2.05) is 52.0 Å². The number of carbonyl (C=O) groups is 2. The Balaban J connectivity index is 2.05. The molecule has 0 bridgehead atoms. The molecule has 7 nitrogen and oxygen atoms in total. The van der Waals surface area contributed by atoms with E-state index >= 15 is 0 Å². The highest BCUT2D eigenvalue weighted by Gasteiger charge is 2.33. The van der Waals surface area contributed by atoms with Crippen LogP contribution in [0, 0.1) is 12.8 Å². The summed E-state index contributed by atoms with van der Waals surface area (Å²) in [4.78, 5) is 28.8. The van der Waals surface area contributed by atoms with Gasteiger partial charge in [0.2, 0.25) is 11.8 Å². The van der Waals surface area contributed by atoms with Crippen molar-refractivity contribution in [1.29, 1.82) is 0 Å². The molecular formula is C30H36ClN3O4S. The van der Waals surface area contributed by atoms with Crippen LogP contribution in [0.15, 0.2) is 83.8 Å². The Morgan fingerprint density at radius 1 is 0.949 bits per heavy atom. The average Bonchev–Trinajstić information content (AvgIpc) is 2.91. The molecule has 0 saturated carbocycles.